The van der Waals surface area contributed by atoms with Crippen molar-refractivity contribution in [2.45, 2.75) is 13.1 Å². The van der Waals surface area contributed by atoms with Crippen molar-refractivity contribution in [3.05, 3.63) is 61.3 Å². The molecule has 0 saturated carbocycles. The Hall–Kier alpha value is -3.08. The van der Waals surface area contributed by atoms with Crippen LogP contribution in [0.25, 0.3) is 32.7 Å². The number of para-hydroxylation sites is 1. The summed E-state index contributed by atoms with van der Waals surface area (Å²) in [6.07, 6.45) is 5.46. The van der Waals surface area contributed by atoms with Crippen molar-refractivity contribution in [1.29, 1.82) is 0 Å². The van der Waals surface area contributed by atoms with E-state index in [0.717, 1.165) is 13.1 Å². The Kier molecular flexibility index (Phi) is 2.55. The summed E-state index contributed by atoms with van der Waals surface area (Å²) in [6.45, 7) is 1.69. The molecule has 2 aromatic carbocycles. The lowest BCUT2D eigenvalue weighted by atomic mass is 10.1. The van der Waals surface area contributed by atoms with Crippen molar-refractivity contribution in [2.24, 2.45) is 0 Å². The molecule has 0 atom stereocenters. The average molecular weight is 301 g/mol. The number of hydrogen-bond acceptors (Lipinski definition) is 2. The van der Waals surface area contributed by atoms with E-state index >= 15 is 0 Å². The molecule has 5 heteroatoms. The highest BCUT2D eigenvalue weighted by Crippen LogP contribution is 2.29. The van der Waals surface area contributed by atoms with E-state index in [1.54, 1.807) is 12.7 Å². The Bertz CT molecular complexity index is 1110. The molecule has 5 nitrogen and oxygen atoms in total. The van der Waals surface area contributed by atoms with E-state index in [4.69, 9.17) is 0 Å². The summed E-state index contributed by atoms with van der Waals surface area (Å²) >= 11 is 0. The summed E-state index contributed by atoms with van der Waals surface area (Å²) in [5, 5.41) is 7.98. The molecule has 3 aromatic heterocycles. The minimum atomic E-state index is 0.814. The lowest BCUT2D eigenvalue weighted by molar-refractivity contribution is 0.541. The molecule has 0 saturated heterocycles. The zero-order valence-corrected chi connectivity index (χ0v) is 12.5. The smallest absolute Gasteiger partial charge is 0.137 e. The summed E-state index contributed by atoms with van der Waals surface area (Å²) in [4.78, 5) is 7.50. The second-order valence-electron chi connectivity index (χ2n) is 5.79. The van der Waals surface area contributed by atoms with Crippen LogP contribution >= 0.6 is 0 Å². The van der Waals surface area contributed by atoms with Gasteiger partial charge in [-0.25, -0.2) is 4.98 Å². The van der Waals surface area contributed by atoms with E-state index in [0.29, 0.717) is 0 Å². The maximum atomic E-state index is 4.16. The number of aromatic nitrogens is 5. The van der Waals surface area contributed by atoms with Crippen LogP contribution in [0.5, 0.6) is 0 Å². The highest BCUT2D eigenvalue weighted by Gasteiger charge is 2.08. The number of rotatable bonds is 3. The van der Waals surface area contributed by atoms with Crippen LogP contribution < -0.4 is 0 Å². The van der Waals surface area contributed by atoms with Crippen LogP contribution in [0.4, 0.5) is 0 Å². The molecule has 3 heterocycles. The van der Waals surface area contributed by atoms with E-state index in [1.165, 1.54) is 32.7 Å². The van der Waals surface area contributed by atoms with Gasteiger partial charge in [-0.1, -0.05) is 18.2 Å². The topological polar surface area (TPSA) is 51.4 Å². The quantitative estimate of drug-likeness (QED) is 0.554. The first-order chi connectivity index (χ1) is 11.4. The number of H-pyrrole nitrogens is 1. The van der Waals surface area contributed by atoms with Crippen LogP contribution in [-0.4, -0.2) is 24.3 Å². The zero-order chi connectivity index (χ0) is 15.2. The van der Waals surface area contributed by atoms with E-state index in [1.807, 2.05) is 4.68 Å². The number of aromatic amines is 1. The second kappa shape index (κ2) is 4.71. The standard InChI is InChI=1S/C18H15N5/c1-2-4-16-14(3-1)15-9-13-5-6-22(18(13)10-17(15)21-16)7-8-23-12-19-11-20-23/h1-6,9-12,21H,7-8H2. The van der Waals surface area contributed by atoms with Crippen LogP contribution in [0, 0.1) is 0 Å². The van der Waals surface area contributed by atoms with Gasteiger partial charge in [0.2, 0.25) is 0 Å². The number of nitrogens with zero attached hydrogens (tertiary/aromatic N) is 4. The third kappa shape index (κ3) is 1.93. The van der Waals surface area contributed by atoms with Crippen molar-refractivity contribution < 1.29 is 0 Å². The molecule has 0 aliphatic rings. The summed E-state index contributed by atoms with van der Waals surface area (Å²) < 4.78 is 4.12. The number of hydrogen-bond donors (Lipinski definition) is 1. The fourth-order valence-corrected chi connectivity index (χ4v) is 3.29. The van der Waals surface area contributed by atoms with Gasteiger partial charge in [0.1, 0.15) is 12.7 Å². The van der Waals surface area contributed by atoms with Gasteiger partial charge in [0.05, 0.1) is 12.1 Å². The van der Waals surface area contributed by atoms with Gasteiger partial charge in [0, 0.05) is 39.9 Å². The molecule has 23 heavy (non-hydrogen) atoms. The van der Waals surface area contributed by atoms with Crippen LogP contribution in [0.3, 0.4) is 0 Å². The average Bonchev–Trinajstić information content (AvgIpc) is 3.29. The van der Waals surface area contributed by atoms with E-state index in [2.05, 4.69) is 68.3 Å². The fourth-order valence-electron chi connectivity index (χ4n) is 3.29. The summed E-state index contributed by atoms with van der Waals surface area (Å²) in [7, 11) is 0. The first-order valence-electron chi connectivity index (χ1n) is 7.70. The van der Waals surface area contributed by atoms with Crippen LogP contribution in [0.1, 0.15) is 0 Å². The number of fused-ring (bicyclic) bond motifs is 4. The Morgan fingerprint density at radius 1 is 0.957 bits per heavy atom. The summed E-state index contributed by atoms with van der Waals surface area (Å²) in [5.74, 6) is 0. The number of nitrogens with one attached hydrogen (secondary N) is 1. The molecule has 1 N–H and O–H groups in total. The third-order valence-electron chi connectivity index (χ3n) is 4.43. The van der Waals surface area contributed by atoms with Crippen LogP contribution in [-0.2, 0) is 13.1 Å². The molecule has 0 fully saturated rings. The fraction of sp³-hybridized carbons (Fsp3) is 0.111. The van der Waals surface area contributed by atoms with Gasteiger partial charge in [0.25, 0.3) is 0 Å². The molecule has 0 amide bonds. The Morgan fingerprint density at radius 3 is 2.83 bits per heavy atom. The van der Waals surface area contributed by atoms with Gasteiger partial charge < -0.3 is 9.55 Å². The monoisotopic (exact) mass is 301 g/mol. The van der Waals surface area contributed by atoms with Gasteiger partial charge in [-0.05, 0) is 24.3 Å². The normalized spacial score (nSPS) is 11.8. The molecular weight excluding hydrogens is 286 g/mol. The SMILES string of the molecule is c1ccc2c(c1)[nH]c1cc3c(ccn3CCn3cncn3)cc12. The van der Waals surface area contributed by atoms with Gasteiger partial charge in [-0.3, -0.25) is 4.68 Å². The summed E-state index contributed by atoms with van der Waals surface area (Å²) in [6, 6.07) is 15.1. The first kappa shape index (κ1) is 12.5. The molecule has 0 spiro atoms. The largest absolute Gasteiger partial charge is 0.354 e. The summed E-state index contributed by atoms with van der Waals surface area (Å²) in [5.41, 5.74) is 3.60. The Labute approximate surface area is 132 Å². The van der Waals surface area contributed by atoms with Crippen molar-refractivity contribution in [3.8, 4) is 0 Å². The van der Waals surface area contributed by atoms with Gasteiger partial charge in [-0.2, -0.15) is 5.10 Å². The molecule has 5 rings (SSSR count). The maximum Gasteiger partial charge on any atom is 0.137 e. The lowest BCUT2D eigenvalue weighted by Gasteiger charge is -2.05. The third-order valence-corrected chi connectivity index (χ3v) is 4.43. The highest BCUT2D eigenvalue weighted by atomic mass is 15.3. The maximum absolute atomic E-state index is 4.16. The molecule has 0 bridgehead atoms. The second-order valence-corrected chi connectivity index (χ2v) is 5.79. The van der Waals surface area contributed by atoms with Crippen LogP contribution in [0.2, 0.25) is 0 Å². The molecule has 5 aromatic rings. The minimum absolute atomic E-state index is 0.814. The Balaban J connectivity index is 1.63. The molecule has 0 unspecified atom stereocenters. The van der Waals surface area contributed by atoms with E-state index in [9.17, 15) is 0 Å². The van der Waals surface area contributed by atoms with Gasteiger partial charge in [-0.15, -0.1) is 0 Å². The van der Waals surface area contributed by atoms with E-state index in [-0.39, 0.29) is 0 Å². The van der Waals surface area contributed by atoms with E-state index < -0.39 is 0 Å². The predicted octanol–water partition coefficient (Wildman–Crippen LogP) is 3.57. The zero-order valence-electron chi connectivity index (χ0n) is 12.5. The van der Waals surface area contributed by atoms with Gasteiger partial charge >= 0.3 is 0 Å². The molecule has 112 valence electrons. The molecule has 0 aliphatic heterocycles. The number of aryl methyl sites for hydroxylation is 2. The predicted molar refractivity (Wildman–Crippen MR) is 91.3 cm³/mol. The first-order valence-corrected chi connectivity index (χ1v) is 7.70. The van der Waals surface area contributed by atoms with Crippen LogP contribution in [0.15, 0.2) is 61.3 Å². The van der Waals surface area contributed by atoms with Crippen molar-refractivity contribution in [1.82, 2.24) is 24.3 Å². The highest BCUT2D eigenvalue weighted by molar-refractivity contribution is 6.11. The lowest BCUT2D eigenvalue weighted by Crippen LogP contribution is -2.06. The van der Waals surface area contributed by atoms with Crippen molar-refractivity contribution in [2.75, 3.05) is 0 Å². The Morgan fingerprint density at radius 2 is 1.91 bits per heavy atom. The molecular formula is C18H15N5. The van der Waals surface area contributed by atoms with Crippen molar-refractivity contribution in [3.63, 3.8) is 0 Å². The van der Waals surface area contributed by atoms with Gasteiger partial charge in [0.15, 0.2) is 0 Å². The number of benzene rings is 2. The molecule has 0 radical (unpaired) electrons. The van der Waals surface area contributed by atoms with Crippen molar-refractivity contribution >= 4 is 32.7 Å². The molecule has 0 aliphatic carbocycles. The minimum Gasteiger partial charge on any atom is -0.354 e.